The Labute approximate surface area is 132 Å². The van der Waals surface area contributed by atoms with Gasteiger partial charge in [0, 0.05) is 19.6 Å². The minimum Gasteiger partial charge on any atom is -0.478 e. The number of carboxylic acids is 1. The fourth-order valence-electron chi connectivity index (χ4n) is 4.10. The topological polar surface area (TPSA) is 49.8 Å². The Morgan fingerprint density at radius 1 is 1.27 bits per heavy atom. The van der Waals surface area contributed by atoms with E-state index < -0.39 is 5.97 Å². The summed E-state index contributed by atoms with van der Waals surface area (Å²) in [5.74, 6) is -0.864. The lowest BCUT2D eigenvalue weighted by atomic mass is 9.93. The first-order valence-electron chi connectivity index (χ1n) is 8.12. The maximum absolute atomic E-state index is 11.1. The number of benzene rings is 1. The molecule has 0 amide bonds. The van der Waals surface area contributed by atoms with E-state index in [0.29, 0.717) is 5.56 Å². The number of ether oxygens (including phenoxy) is 1. The summed E-state index contributed by atoms with van der Waals surface area (Å²) in [4.78, 5) is 13.5. The SMILES string of the molecule is CC1(C)CN(Cc2cccc(C(=O)O)c2)CC2(CCCC2)O1. The number of aromatic carboxylic acids is 1. The van der Waals surface area contributed by atoms with Crippen molar-refractivity contribution < 1.29 is 14.6 Å². The van der Waals surface area contributed by atoms with Crippen molar-refractivity contribution in [3.63, 3.8) is 0 Å². The monoisotopic (exact) mass is 303 g/mol. The average molecular weight is 303 g/mol. The van der Waals surface area contributed by atoms with Gasteiger partial charge in [-0.25, -0.2) is 4.79 Å². The molecule has 1 aliphatic carbocycles. The first kappa shape index (κ1) is 15.5. The lowest BCUT2D eigenvalue weighted by Gasteiger charge is -2.49. The first-order valence-corrected chi connectivity index (χ1v) is 8.12. The largest absolute Gasteiger partial charge is 0.478 e. The molecule has 1 aliphatic heterocycles. The standard InChI is InChI=1S/C18H25NO3/c1-17(2)12-19(13-18(22-17)8-3-4-9-18)11-14-6-5-7-15(10-14)16(20)21/h5-7,10H,3-4,8-9,11-13H2,1-2H3,(H,20,21). The van der Waals surface area contributed by atoms with Crippen molar-refractivity contribution in [2.45, 2.75) is 57.3 Å². The number of hydrogen-bond acceptors (Lipinski definition) is 3. The molecule has 1 spiro atoms. The van der Waals surface area contributed by atoms with Gasteiger partial charge < -0.3 is 9.84 Å². The molecule has 0 unspecified atom stereocenters. The summed E-state index contributed by atoms with van der Waals surface area (Å²) in [5, 5.41) is 9.13. The molecule has 1 aromatic carbocycles. The van der Waals surface area contributed by atoms with Gasteiger partial charge in [0.05, 0.1) is 16.8 Å². The van der Waals surface area contributed by atoms with Crippen LogP contribution in [0.5, 0.6) is 0 Å². The van der Waals surface area contributed by atoms with Crippen molar-refractivity contribution in [3.8, 4) is 0 Å². The molecule has 1 saturated heterocycles. The Balaban J connectivity index is 1.76. The number of nitrogens with zero attached hydrogens (tertiary/aromatic N) is 1. The number of morpholine rings is 1. The normalized spacial score (nSPS) is 23.7. The van der Waals surface area contributed by atoms with E-state index in [9.17, 15) is 4.79 Å². The van der Waals surface area contributed by atoms with Crippen LogP contribution in [0.2, 0.25) is 0 Å². The highest BCUT2D eigenvalue weighted by Gasteiger charge is 2.45. The van der Waals surface area contributed by atoms with Crippen LogP contribution in [0, 0.1) is 0 Å². The van der Waals surface area contributed by atoms with Gasteiger partial charge in [0.1, 0.15) is 0 Å². The van der Waals surface area contributed by atoms with Crippen molar-refractivity contribution in [1.29, 1.82) is 0 Å². The smallest absolute Gasteiger partial charge is 0.335 e. The van der Waals surface area contributed by atoms with Crippen molar-refractivity contribution in [3.05, 3.63) is 35.4 Å². The molecule has 1 heterocycles. The second-order valence-corrected chi connectivity index (χ2v) is 7.40. The van der Waals surface area contributed by atoms with Gasteiger partial charge >= 0.3 is 5.97 Å². The Bertz CT molecular complexity index is 561. The van der Waals surface area contributed by atoms with Crippen LogP contribution in [0.4, 0.5) is 0 Å². The van der Waals surface area contributed by atoms with Gasteiger partial charge in [-0.15, -0.1) is 0 Å². The molecule has 1 saturated carbocycles. The Kier molecular flexibility index (Phi) is 4.00. The van der Waals surface area contributed by atoms with Crippen LogP contribution < -0.4 is 0 Å². The van der Waals surface area contributed by atoms with Gasteiger partial charge in [-0.1, -0.05) is 25.0 Å². The molecular formula is C18H25NO3. The molecule has 120 valence electrons. The van der Waals surface area contributed by atoms with E-state index in [4.69, 9.17) is 9.84 Å². The van der Waals surface area contributed by atoms with Crippen LogP contribution in [0.25, 0.3) is 0 Å². The summed E-state index contributed by atoms with van der Waals surface area (Å²) in [7, 11) is 0. The predicted molar refractivity (Wildman–Crippen MR) is 85.0 cm³/mol. The maximum atomic E-state index is 11.1. The lowest BCUT2D eigenvalue weighted by molar-refractivity contribution is -0.195. The summed E-state index contributed by atoms with van der Waals surface area (Å²) in [6, 6.07) is 7.27. The van der Waals surface area contributed by atoms with Crippen molar-refractivity contribution in [2.75, 3.05) is 13.1 Å². The van der Waals surface area contributed by atoms with Crippen molar-refractivity contribution in [1.82, 2.24) is 4.90 Å². The van der Waals surface area contributed by atoms with Crippen LogP contribution in [0.3, 0.4) is 0 Å². The summed E-state index contributed by atoms with van der Waals surface area (Å²) >= 11 is 0. The molecule has 1 aromatic rings. The Morgan fingerprint density at radius 2 is 2.00 bits per heavy atom. The van der Waals surface area contributed by atoms with Gasteiger partial charge in [-0.05, 0) is 44.4 Å². The van der Waals surface area contributed by atoms with E-state index in [1.165, 1.54) is 12.8 Å². The van der Waals surface area contributed by atoms with Gasteiger partial charge in [-0.3, -0.25) is 4.90 Å². The van der Waals surface area contributed by atoms with Gasteiger partial charge in [0.25, 0.3) is 0 Å². The Morgan fingerprint density at radius 3 is 2.68 bits per heavy atom. The van der Waals surface area contributed by atoms with Gasteiger partial charge in [0.2, 0.25) is 0 Å². The second-order valence-electron chi connectivity index (χ2n) is 7.40. The molecule has 0 atom stereocenters. The molecule has 0 aromatic heterocycles. The zero-order chi connectivity index (χ0) is 15.8. The maximum Gasteiger partial charge on any atom is 0.335 e. The quantitative estimate of drug-likeness (QED) is 0.930. The fourth-order valence-corrected chi connectivity index (χ4v) is 4.10. The predicted octanol–water partition coefficient (Wildman–Crippen LogP) is 3.31. The molecule has 2 aliphatic rings. The molecule has 0 radical (unpaired) electrons. The molecule has 4 heteroatoms. The minimum atomic E-state index is -0.864. The third-order valence-corrected chi connectivity index (χ3v) is 4.70. The zero-order valence-electron chi connectivity index (χ0n) is 13.5. The highest BCUT2D eigenvalue weighted by Crippen LogP contribution is 2.40. The highest BCUT2D eigenvalue weighted by molar-refractivity contribution is 5.87. The molecule has 0 bridgehead atoms. The highest BCUT2D eigenvalue weighted by atomic mass is 16.5. The first-order chi connectivity index (χ1) is 10.4. The van der Waals surface area contributed by atoms with E-state index in [1.54, 1.807) is 12.1 Å². The molecule has 22 heavy (non-hydrogen) atoms. The summed E-state index contributed by atoms with van der Waals surface area (Å²) in [6.07, 6.45) is 4.78. The lowest BCUT2D eigenvalue weighted by Crippen LogP contribution is -2.58. The zero-order valence-corrected chi connectivity index (χ0v) is 13.5. The summed E-state index contributed by atoms with van der Waals surface area (Å²) in [6.45, 7) is 6.94. The van der Waals surface area contributed by atoms with Crippen molar-refractivity contribution >= 4 is 5.97 Å². The van der Waals surface area contributed by atoms with Crippen LogP contribution in [-0.4, -0.2) is 40.3 Å². The van der Waals surface area contributed by atoms with Crippen molar-refractivity contribution in [2.24, 2.45) is 0 Å². The molecule has 1 N–H and O–H groups in total. The molecular weight excluding hydrogens is 278 g/mol. The number of hydrogen-bond donors (Lipinski definition) is 1. The third kappa shape index (κ3) is 3.33. The van der Waals surface area contributed by atoms with E-state index in [1.807, 2.05) is 12.1 Å². The molecule has 4 nitrogen and oxygen atoms in total. The van der Waals surface area contributed by atoms with E-state index in [0.717, 1.165) is 38.0 Å². The van der Waals surface area contributed by atoms with Gasteiger partial charge in [0.15, 0.2) is 0 Å². The van der Waals surface area contributed by atoms with Crippen LogP contribution in [0.1, 0.15) is 55.5 Å². The summed E-state index contributed by atoms with van der Waals surface area (Å²) < 4.78 is 6.42. The summed E-state index contributed by atoms with van der Waals surface area (Å²) in [5.41, 5.74) is 1.28. The second kappa shape index (κ2) is 5.67. The van der Waals surface area contributed by atoms with Crippen LogP contribution in [0.15, 0.2) is 24.3 Å². The number of rotatable bonds is 3. The molecule has 3 rings (SSSR count). The number of carboxylic acid groups (broad SMARTS) is 1. The fraction of sp³-hybridized carbons (Fsp3) is 0.611. The average Bonchev–Trinajstić information content (AvgIpc) is 2.84. The minimum absolute atomic E-state index is 0.00611. The Hall–Kier alpha value is -1.39. The van der Waals surface area contributed by atoms with E-state index in [2.05, 4.69) is 18.7 Å². The molecule has 2 fully saturated rings. The third-order valence-electron chi connectivity index (χ3n) is 4.70. The van der Waals surface area contributed by atoms with E-state index in [-0.39, 0.29) is 11.2 Å². The van der Waals surface area contributed by atoms with Crippen LogP contribution in [-0.2, 0) is 11.3 Å². The number of carbonyl (C=O) groups is 1. The van der Waals surface area contributed by atoms with E-state index >= 15 is 0 Å². The van der Waals surface area contributed by atoms with Gasteiger partial charge in [-0.2, -0.15) is 0 Å². The van der Waals surface area contributed by atoms with Crippen LogP contribution >= 0.6 is 0 Å².